The first-order valence-corrected chi connectivity index (χ1v) is 8.93. The van der Waals surface area contributed by atoms with Gasteiger partial charge in [0.05, 0.1) is 18.7 Å². The fourth-order valence-corrected chi connectivity index (χ4v) is 2.79. The molecule has 4 nitrogen and oxygen atoms in total. The number of aromatic nitrogens is 2. The molecule has 0 saturated heterocycles. The van der Waals surface area contributed by atoms with Crippen LogP contribution in [0.5, 0.6) is 0 Å². The van der Waals surface area contributed by atoms with Crippen LogP contribution in [0.4, 0.5) is 0 Å². The van der Waals surface area contributed by atoms with Crippen molar-refractivity contribution in [1.29, 1.82) is 0 Å². The third-order valence-electron chi connectivity index (χ3n) is 3.96. The van der Waals surface area contributed by atoms with E-state index in [0.29, 0.717) is 23.9 Å². The topological polar surface area (TPSA) is 55.1 Å². The molecule has 0 atom stereocenters. The van der Waals surface area contributed by atoms with Crippen molar-refractivity contribution in [2.45, 2.75) is 46.6 Å². The molecule has 1 aromatic carbocycles. The predicted molar refractivity (Wildman–Crippen MR) is 102 cm³/mol. The summed E-state index contributed by atoms with van der Waals surface area (Å²) < 4.78 is 1.91. The lowest BCUT2D eigenvalue weighted by molar-refractivity contribution is -0.136. The van der Waals surface area contributed by atoms with E-state index in [4.69, 9.17) is 16.7 Å². The molecule has 25 heavy (non-hydrogen) atoms. The molecule has 0 fully saturated rings. The zero-order valence-corrected chi connectivity index (χ0v) is 15.8. The number of benzene rings is 1. The molecule has 0 saturated carbocycles. The molecular weight excluding hydrogens is 336 g/mol. The second-order valence-electron chi connectivity index (χ2n) is 6.70. The molecule has 1 heterocycles. The van der Waals surface area contributed by atoms with Gasteiger partial charge in [0.15, 0.2) is 0 Å². The smallest absolute Gasteiger partial charge is 0.303 e. The fourth-order valence-electron chi connectivity index (χ4n) is 2.60. The highest BCUT2D eigenvalue weighted by molar-refractivity contribution is 6.30. The van der Waals surface area contributed by atoms with E-state index in [1.54, 1.807) is 0 Å². The maximum atomic E-state index is 10.7. The van der Waals surface area contributed by atoms with E-state index in [1.165, 1.54) is 0 Å². The fraction of sp³-hybridized carbons (Fsp3) is 0.400. The number of halogens is 1. The van der Waals surface area contributed by atoms with Gasteiger partial charge >= 0.3 is 5.97 Å². The van der Waals surface area contributed by atoms with Crippen LogP contribution in [0.15, 0.2) is 30.3 Å². The molecule has 2 rings (SSSR count). The van der Waals surface area contributed by atoms with E-state index in [0.717, 1.165) is 28.9 Å². The van der Waals surface area contributed by atoms with Gasteiger partial charge in [0, 0.05) is 17.1 Å². The van der Waals surface area contributed by atoms with Crippen molar-refractivity contribution in [3.05, 3.63) is 57.9 Å². The van der Waals surface area contributed by atoms with Crippen LogP contribution in [0.2, 0.25) is 5.02 Å². The molecule has 2 aromatic rings. The van der Waals surface area contributed by atoms with Gasteiger partial charge in [0.25, 0.3) is 0 Å². The standard InChI is InChI=1S/C20H25ClN2O2/c1-14(2)5-4-6-16-7-8-18(21)12-17(16)13-23-15(3)11-19(22-23)9-10-20(24)25/h4,6-8,11-12,14H,5,9-10,13H2,1-3H3,(H,24,25)/b6-4+. The Labute approximate surface area is 154 Å². The van der Waals surface area contributed by atoms with E-state index in [9.17, 15) is 4.79 Å². The summed E-state index contributed by atoms with van der Waals surface area (Å²) in [6, 6.07) is 7.84. The van der Waals surface area contributed by atoms with Crippen LogP contribution < -0.4 is 0 Å². The highest BCUT2D eigenvalue weighted by Crippen LogP contribution is 2.20. The maximum Gasteiger partial charge on any atom is 0.303 e. The van der Waals surface area contributed by atoms with Crippen LogP contribution in [-0.4, -0.2) is 20.9 Å². The van der Waals surface area contributed by atoms with Gasteiger partial charge in [0.2, 0.25) is 0 Å². The molecule has 0 aliphatic rings. The van der Waals surface area contributed by atoms with Crippen molar-refractivity contribution in [3.63, 3.8) is 0 Å². The minimum atomic E-state index is -0.806. The molecule has 134 valence electrons. The van der Waals surface area contributed by atoms with Crippen molar-refractivity contribution in [1.82, 2.24) is 9.78 Å². The Kier molecular flexibility index (Phi) is 6.82. The lowest BCUT2D eigenvalue weighted by atomic mass is 10.0. The molecule has 0 aliphatic carbocycles. The lowest BCUT2D eigenvalue weighted by Gasteiger charge is -2.09. The van der Waals surface area contributed by atoms with Crippen LogP contribution in [0.3, 0.4) is 0 Å². The summed E-state index contributed by atoms with van der Waals surface area (Å²) in [6.07, 6.45) is 5.89. The number of rotatable bonds is 8. The Morgan fingerprint density at radius 1 is 1.36 bits per heavy atom. The molecule has 1 N–H and O–H groups in total. The van der Waals surface area contributed by atoms with Crippen LogP contribution in [0.25, 0.3) is 6.08 Å². The number of carbonyl (C=O) groups is 1. The van der Waals surface area contributed by atoms with Crippen molar-refractivity contribution >= 4 is 23.6 Å². The second-order valence-corrected chi connectivity index (χ2v) is 7.14. The number of hydrogen-bond donors (Lipinski definition) is 1. The largest absolute Gasteiger partial charge is 0.481 e. The number of aliphatic carboxylic acids is 1. The van der Waals surface area contributed by atoms with Crippen molar-refractivity contribution in [2.75, 3.05) is 0 Å². The van der Waals surface area contributed by atoms with Gasteiger partial charge in [-0.2, -0.15) is 5.10 Å². The molecule has 0 amide bonds. The Balaban J connectivity index is 2.20. The molecule has 0 spiro atoms. The van der Waals surface area contributed by atoms with Gasteiger partial charge in [-0.25, -0.2) is 0 Å². The van der Waals surface area contributed by atoms with E-state index in [-0.39, 0.29) is 6.42 Å². The van der Waals surface area contributed by atoms with Gasteiger partial charge in [0.1, 0.15) is 0 Å². The van der Waals surface area contributed by atoms with Gasteiger partial charge < -0.3 is 5.11 Å². The van der Waals surface area contributed by atoms with Gasteiger partial charge in [-0.3, -0.25) is 9.48 Å². The monoisotopic (exact) mass is 360 g/mol. The van der Waals surface area contributed by atoms with Crippen LogP contribution in [0.1, 0.15) is 49.2 Å². The average Bonchev–Trinajstić information content (AvgIpc) is 2.87. The van der Waals surface area contributed by atoms with E-state index >= 15 is 0 Å². The van der Waals surface area contributed by atoms with Crippen molar-refractivity contribution < 1.29 is 9.90 Å². The Bertz CT molecular complexity index is 763. The predicted octanol–water partition coefficient (Wildman–Crippen LogP) is 4.97. The minimum absolute atomic E-state index is 0.0941. The molecule has 0 radical (unpaired) electrons. The van der Waals surface area contributed by atoms with Crippen LogP contribution in [-0.2, 0) is 17.8 Å². The molecule has 0 aliphatic heterocycles. The number of hydrogen-bond acceptors (Lipinski definition) is 2. The van der Waals surface area contributed by atoms with Gasteiger partial charge in [-0.05, 0) is 48.6 Å². The van der Waals surface area contributed by atoms with Gasteiger partial charge in [-0.1, -0.05) is 43.7 Å². The van der Waals surface area contributed by atoms with E-state index < -0.39 is 5.97 Å². The molecule has 0 unspecified atom stereocenters. The summed E-state index contributed by atoms with van der Waals surface area (Å²) >= 11 is 6.18. The lowest BCUT2D eigenvalue weighted by Crippen LogP contribution is -2.06. The second kappa shape index (κ2) is 8.86. The molecule has 1 aromatic heterocycles. The number of carboxylic acid groups (broad SMARTS) is 1. The van der Waals surface area contributed by atoms with Gasteiger partial charge in [-0.15, -0.1) is 0 Å². The zero-order chi connectivity index (χ0) is 18.4. The van der Waals surface area contributed by atoms with E-state index in [1.807, 2.05) is 35.9 Å². The number of allylic oxidation sites excluding steroid dienone is 1. The average molecular weight is 361 g/mol. The summed E-state index contributed by atoms with van der Waals surface area (Å²) in [5.41, 5.74) is 4.05. The normalized spacial score (nSPS) is 11.6. The third-order valence-corrected chi connectivity index (χ3v) is 4.19. The quantitative estimate of drug-likeness (QED) is 0.723. The molecule has 0 bridgehead atoms. The van der Waals surface area contributed by atoms with Crippen LogP contribution >= 0.6 is 11.6 Å². The summed E-state index contributed by atoms with van der Waals surface area (Å²) in [5, 5.41) is 14.1. The Morgan fingerprint density at radius 3 is 2.80 bits per heavy atom. The first-order chi connectivity index (χ1) is 11.8. The Morgan fingerprint density at radius 2 is 2.12 bits per heavy atom. The van der Waals surface area contributed by atoms with Crippen LogP contribution in [0, 0.1) is 12.8 Å². The summed E-state index contributed by atoms with van der Waals surface area (Å²) in [6.45, 7) is 6.98. The first-order valence-electron chi connectivity index (χ1n) is 8.55. The number of nitrogens with zero attached hydrogens (tertiary/aromatic N) is 2. The summed E-state index contributed by atoms with van der Waals surface area (Å²) in [7, 11) is 0. The molecule has 5 heteroatoms. The van der Waals surface area contributed by atoms with E-state index in [2.05, 4.69) is 31.1 Å². The summed E-state index contributed by atoms with van der Waals surface area (Å²) in [5.74, 6) is -0.184. The Hall–Kier alpha value is -2.07. The number of carboxylic acids is 1. The highest BCUT2D eigenvalue weighted by atomic mass is 35.5. The van der Waals surface area contributed by atoms with Crippen molar-refractivity contribution in [3.8, 4) is 0 Å². The van der Waals surface area contributed by atoms with Crippen molar-refractivity contribution in [2.24, 2.45) is 5.92 Å². The SMILES string of the molecule is Cc1cc(CCC(=O)O)nn1Cc1cc(Cl)ccc1/C=C/CC(C)C. The zero-order valence-electron chi connectivity index (χ0n) is 15.0. The molecular formula is C20H25ClN2O2. The number of aryl methyl sites for hydroxylation is 2. The summed E-state index contributed by atoms with van der Waals surface area (Å²) in [4.78, 5) is 10.7. The third kappa shape index (κ3) is 6.05. The first kappa shape index (κ1) is 19.3. The highest BCUT2D eigenvalue weighted by Gasteiger charge is 2.09. The minimum Gasteiger partial charge on any atom is -0.481 e. The maximum absolute atomic E-state index is 10.7.